The first kappa shape index (κ1) is 22.9. The number of carbonyl (C=O) groups is 2. The van der Waals surface area contributed by atoms with E-state index in [1.165, 1.54) is 21.9 Å². The summed E-state index contributed by atoms with van der Waals surface area (Å²) in [5, 5.41) is 0.0587. The second-order valence-electron chi connectivity index (χ2n) is 8.10. The quantitative estimate of drug-likeness (QED) is 0.310. The molecule has 0 bridgehead atoms. The topological polar surface area (TPSA) is 53.1 Å². The van der Waals surface area contributed by atoms with Gasteiger partial charge in [-0.3, -0.25) is 19.4 Å². The van der Waals surface area contributed by atoms with E-state index in [9.17, 15) is 9.59 Å². The fourth-order valence-electron chi connectivity index (χ4n) is 4.18. The van der Waals surface area contributed by atoms with Crippen LogP contribution >= 0.6 is 12.2 Å². The molecule has 0 aliphatic carbocycles. The van der Waals surface area contributed by atoms with Gasteiger partial charge < -0.3 is 9.64 Å². The highest BCUT2D eigenvalue weighted by atomic mass is 32.1. The van der Waals surface area contributed by atoms with Crippen molar-refractivity contribution in [3.05, 3.63) is 95.8 Å². The molecule has 5 rings (SSSR count). The largest absolute Gasteiger partial charge is 0.378 e. The van der Waals surface area contributed by atoms with Gasteiger partial charge in [-0.25, -0.2) is 4.39 Å². The molecule has 2 aliphatic heterocycles. The average molecular weight is 488 g/mol. The molecule has 0 aromatic heterocycles. The molecule has 8 heteroatoms. The summed E-state index contributed by atoms with van der Waals surface area (Å²) in [6, 6.07) is 22.5. The Bertz CT molecular complexity index is 1240. The summed E-state index contributed by atoms with van der Waals surface area (Å²) in [5.74, 6) is -1.54. The van der Waals surface area contributed by atoms with Gasteiger partial charge in [0.15, 0.2) is 5.11 Å². The zero-order valence-electron chi connectivity index (χ0n) is 18.8. The summed E-state index contributed by atoms with van der Waals surface area (Å²) in [6.07, 6.45) is 1.42. The lowest BCUT2D eigenvalue weighted by Crippen LogP contribution is -2.56. The number of carbonyl (C=O) groups excluding carboxylic acids is 2. The molecule has 3 aromatic rings. The lowest BCUT2D eigenvalue weighted by molar-refractivity contribution is -0.120. The maximum absolute atomic E-state index is 15.0. The van der Waals surface area contributed by atoms with Gasteiger partial charge in [-0.1, -0.05) is 42.5 Å². The van der Waals surface area contributed by atoms with Crippen molar-refractivity contribution in [3.8, 4) is 0 Å². The van der Waals surface area contributed by atoms with Crippen LogP contribution in [-0.4, -0.2) is 43.2 Å². The summed E-state index contributed by atoms with van der Waals surface area (Å²) in [7, 11) is 0. The van der Waals surface area contributed by atoms with Gasteiger partial charge in [0.2, 0.25) is 0 Å². The maximum Gasteiger partial charge on any atom is 0.270 e. The van der Waals surface area contributed by atoms with Gasteiger partial charge in [-0.2, -0.15) is 0 Å². The molecule has 2 aliphatic rings. The molecule has 2 amide bonds. The Labute approximate surface area is 207 Å². The number of para-hydroxylation sites is 2. The third kappa shape index (κ3) is 4.45. The molecule has 0 spiro atoms. The number of hydrogen-bond donors (Lipinski definition) is 0. The molecule has 0 N–H and O–H groups in total. The summed E-state index contributed by atoms with van der Waals surface area (Å²) in [4.78, 5) is 31.6. The molecule has 0 unspecified atom stereocenters. The van der Waals surface area contributed by atoms with Gasteiger partial charge in [-0.15, -0.1) is 0 Å². The summed E-state index contributed by atoms with van der Waals surface area (Å²) < 4.78 is 20.3. The molecule has 176 valence electrons. The van der Waals surface area contributed by atoms with E-state index in [4.69, 9.17) is 17.0 Å². The highest BCUT2D eigenvalue weighted by molar-refractivity contribution is 7.81. The Hall–Kier alpha value is -3.88. The number of anilines is 3. The SMILES string of the molecule is O=C1C(=Cc2ccc(N3CCOCC3)c(F)c2)C(=O)N(c2ccccc2)C(=S)N1c1ccccc1. The third-order valence-corrected chi connectivity index (χ3v) is 6.28. The van der Waals surface area contributed by atoms with Crippen molar-refractivity contribution in [1.29, 1.82) is 0 Å². The zero-order valence-corrected chi connectivity index (χ0v) is 19.6. The van der Waals surface area contributed by atoms with Crippen molar-refractivity contribution in [2.75, 3.05) is 41.0 Å². The molecular weight excluding hydrogens is 465 g/mol. The Morgan fingerprint density at radius 1 is 0.800 bits per heavy atom. The fraction of sp³-hybridized carbons (Fsp3) is 0.148. The minimum Gasteiger partial charge on any atom is -0.378 e. The van der Waals surface area contributed by atoms with E-state index in [1.54, 1.807) is 60.7 Å². The predicted molar refractivity (Wildman–Crippen MR) is 138 cm³/mol. The van der Waals surface area contributed by atoms with E-state index in [0.717, 1.165) is 0 Å². The molecule has 0 atom stereocenters. The van der Waals surface area contributed by atoms with Crippen LogP contribution in [0.1, 0.15) is 5.56 Å². The van der Waals surface area contributed by atoms with Crippen molar-refractivity contribution < 1.29 is 18.7 Å². The van der Waals surface area contributed by atoms with E-state index < -0.39 is 17.6 Å². The van der Waals surface area contributed by atoms with Crippen molar-refractivity contribution in [3.63, 3.8) is 0 Å². The number of rotatable bonds is 4. The van der Waals surface area contributed by atoms with Gasteiger partial charge in [0, 0.05) is 13.1 Å². The van der Waals surface area contributed by atoms with Gasteiger partial charge in [0.25, 0.3) is 11.8 Å². The van der Waals surface area contributed by atoms with Crippen LogP contribution in [0.25, 0.3) is 6.08 Å². The van der Waals surface area contributed by atoms with Crippen molar-refractivity contribution in [2.24, 2.45) is 0 Å². The molecule has 0 radical (unpaired) electrons. The number of benzene rings is 3. The normalized spacial score (nSPS) is 16.7. The first-order valence-electron chi connectivity index (χ1n) is 11.2. The number of ether oxygens (including phenoxy) is 1. The minimum absolute atomic E-state index is 0.0587. The molecule has 0 saturated carbocycles. The van der Waals surface area contributed by atoms with Crippen LogP contribution in [0.15, 0.2) is 84.4 Å². The summed E-state index contributed by atoms with van der Waals surface area (Å²) in [5.41, 5.74) is 1.84. The second kappa shape index (κ2) is 9.77. The van der Waals surface area contributed by atoms with Crippen molar-refractivity contribution >= 4 is 52.3 Å². The number of amides is 2. The highest BCUT2D eigenvalue weighted by Crippen LogP contribution is 2.30. The van der Waals surface area contributed by atoms with Crippen LogP contribution in [0.4, 0.5) is 21.5 Å². The molecular formula is C27H22FN3O3S. The summed E-state index contributed by atoms with van der Waals surface area (Å²) >= 11 is 5.60. The highest BCUT2D eigenvalue weighted by Gasteiger charge is 2.41. The van der Waals surface area contributed by atoms with Crippen LogP contribution in [0.3, 0.4) is 0 Å². The second-order valence-corrected chi connectivity index (χ2v) is 8.47. The van der Waals surface area contributed by atoms with E-state index in [-0.39, 0.29) is 10.7 Å². The first-order valence-corrected chi connectivity index (χ1v) is 11.6. The monoisotopic (exact) mass is 487 g/mol. The van der Waals surface area contributed by atoms with E-state index in [2.05, 4.69) is 0 Å². The van der Waals surface area contributed by atoms with Gasteiger partial charge in [0.1, 0.15) is 11.4 Å². The molecule has 6 nitrogen and oxygen atoms in total. The Morgan fingerprint density at radius 2 is 1.34 bits per heavy atom. The number of morpholine rings is 1. The lowest BCUT2D eigenvalue weighted by Gasteiger charge is -2.36. The van der Waals surface area contributed by atoms with E-state index in [0.29, 0.717) is 48.9 Å². The zero-order chi connectivity index (χ0) is 24.4. The van der Waals surface area contributed by atoms with Crippen LogP contribution < -0.4 is 14.7 Å². The first-order chi connectivity index (χ1) is 17.0. The molecule has 3 aromatic carbocycles. The Kier molecular flexibility index (Phi) is 6.39. The molecule has 35 heavy (non-hydrogen) atoms. The number of hydrogen-bond acceptors (Lipinski definition) is 5. The molecule has 2 heterocycles. The number of nitrogens with zero attached hydrogens (tertiary/aromatic N) is 3. The van der Waals surface area contributed by atoms with Gasteiger partial charge in [0.05, 0.1) is 30.3 Å². The minimum atomic E-state index is -0.559. The standard InChI is InChI=1S/C27H22FN3O3S/c28-23-18-19(11-12-24(23)29-13-15-34-16-14-29)17-22-25(32)30(20-7-3-1-4-8-20)27(35)31(26(22)33)21-9-5-2-6-10-21/h1-12,17-18H,13-16H2. The Morgan fingerprint density at radius 3 is 1.86 bits per heavy atom. The fourth-order valence-corrected chi connectivity index (χ4v) is 4.56. The third-order valence-electron chi connectivity index (χ3n) is 5.91. The van der Waals surface area contributed by atoms with Crippen LogP contribution in [0, 0.1) is 5.82 Å². The summed E-state index contributed by atoms with van der Waals surface area (Å²) in [6.45, 7) is 2.28. The molecule has 2 saturated heterocycles. The van der Waals surface area contributed by atoms with E-state index >= 15 is 4.39 Å². The van der Waals surface area contributed by atoms with Crippen molar-refractivity contribution in [2.45, 2.75) is 0 Å². The smallest absolute Gasteiger partial charge is 0.270 e. The Balaban J connectivity index is 1.56. The predicted octanol–water partition coefficient (Wildman–Crippen LogP) is 4.41. The van der Waals surface area contributed by atoms with Gasteiger partial charge >= 0.3 is 0 Å². The maximum atomic E-state index is 15.0. The number of thiocarbonyl (C=S) groups is 1. The van der Waals surface area contributed by atoms with Crippen molar-refractivity contribution in [1.82, 2.24) is 0 Å². The van der Waals surface area contributed by atoms with Crippen LogP contribution in [0.5, 0.6) is 0 Å². The van der Waals surface area contributed by atoms with E-state index in [1.807, 2.05) is 17.0 Å². The van der Waals surface area contributed by atoms with Crippen LogP contribution in [-0.2, 0) is 14.3 Å². The number of halogens is 1. The lowest BCUT2D eigenvalue weighted by atomic mass is 10.0. The van der Waals surface area contributed by atoms with Crippen LogP contribution in [0.2, 0.25) is 0 Å². The average Bonchev–Trinajstić information content (AvgIpc) is 2.88. The molecule has 2 fully saturated rings. The van der Waals surface area contributed by atoms with Gasteiger partial charge in [-0.05, 0) is 60.3 Å².